The smallest absolute Gasteiger partial charge is 0.254 e. The molecule has 3 aromatic rings. The van der Waals surface area contributed by atoms with Crippen molar-refractivity contribution in [3.8, 4) is 16.8 Å². The highest BCUT2D eigenvalue weighted by atomic mass is 35.5. The van der Waals surface area contributed by atoms with Crippen molar-refractivity contribution in [1.29, 1.82) is 0 Å². The number of carbonyl (C=O) groups is 1. The van der Waals surface area contributed by atoms with Gasteiger partial charge in [-0.25, -0.2) is 4.68 Å². The summed E-state index contributed by atoms with van der Waals surface area (Å²) >= 11 is 5.98. The molecule has 2 aliphatic rings. The van der Waals surface area contributed by atoms with Crippen molar-refractivity contribution in [2.45, 2.75) is 31.7 Å². The molecule has 2 fully saturated rings. The van der Waals surface area contributed by atoms with Crippen LogP contribution in [-0.4, -0.2) is 57.7 Å². The van der Waals surface area contributed by atoms with Gasteiger partial charge in [-0.1, -0.05) is 23.7 Å². The van der Waals surface area contributed by atoms with Crippen molar-refractivity contribution in [2.24, 2.45) is 0 Å². The zero-order valence-corrected chi connectivity index (χ0v) is 18.3. The number of halogens is 1. The van der Waals surface area contributed by atoms with E-state index in [2.05, 4.69) is 14.9 Å². The van der Waals surface area contributed by atoms with E-state index in [1.807, 2.05) is 65.6 Å². The van der Waals surface area contributed by atoms with Crippen molar-refractivity contribution >= 4 is 17.5 Å². The Morgan fingerprint density at radius 3 is 2.42 bits per heavy atom. The van der Waals surface area contributed by atoms with Crippen molar-refractivity contribution in [3.05, 3.63) is 71.5 Å². The fourth-order valence-electron chi connectivity index (χ4n) is 4.73. The summed E-state index contributed by atoms with van der Waals surface area (Å²) in [6.07, 6.45) is 8.62. The third-order valence-corrected chi connectivity index (χ3v) is 6.70. The van der Waals surface area contributed by atoms with Crippen LogP contribution < -0.4 is 0 Å². The Morgan fingerprint density at radius 1 is 0.935 bits per heavy atom. The van der Waals surface area contributed by atoms with Gasteiger partial charge in [-0.2, -0.15) is 5.10 Å². The molecule has 0 spiro atoms. The molecule has 1 amide bonds. The van der Waals surface area contributed by atoms with Gasteiger partial charge >= 0.3 is 0 Å². The second-order valence-electron chi connectivity index (χ2n) is 8.53. The average molecular weight is 435 g/mol. The lowest BCUT2D eigenvalue weighted by atomic mass is 10.1. The SMILES string of the molecule is O=C(c1ccc(-n2cc(-c3ccc(Cl)cc3)cn2)cc1)N1CCCC1CN1CCCC1. The van der Waals surface area contributed by atoms with E-state index in [0.717, 1.165) is 53.3 Å². The van der Waals surface area contributed by atoms with Crippen LogP contribution >= 0.6 is 11.6 Å². The van der Waals surface area contributed by atoms with Crippen LogP contribution in [0.3, 0.4) is 0 Å². The maximum atomic E-state index is 13.2. The van der Waals surface area contributed by atoms with Crippen molar-refractivity contribution in [2.75, 3.05) is 26.2 Å². The van der Waals surface area contributed by atoms with Crippen LogP contribution in [-0.2, 0) is 0 Å². The van der Waals surface area contributed by atoms with Gasteiger partial charge in [0.05, 0.1) is 11.9 Å². The molecular formula is C25H27ClN4O. The molecule has 0 saturated carbocycles. The summed E-state index contributed by atoms with van der Waals surface area (Å²) in [6.45, 7) is 4.23. The van der Waals surface area contributed by atoms with Crippen LogP contribution in [0, 0.1) is 0 Å². The summed E-state index contributed by atoms with van der Waals surface area (Å²) in [4.78, 5) is 17.8. The lowest BCUT2D eigenvalue weighted by molar-refractivity contribution is 0.0709. The van der Waals surface area contributed by atoms with Crippen LogP contribution in [0.25, 0.3) is 16.8 Å². The summed E-state index contributed by atoms with van der Waals surface area (Å²) in [6, 6.07) is 15.9. The van der Waals surface area contributed by atoms with E-state index < -0.39 is 0 Å². The van der Waals surface area contributed by atoms with Crippen molar-refractivity contribution in [1.82, 2.24) is 19.6 Å². The summed E-state index contributed by atoms with van der Waals surface area (Å²) in [5.41, 5.74) is 3.79. The molecule has 160 valence electrons. The molecule has 1 unspecified atom stereocenters. The number of hydrogen-bond donors (Lipinski definition) is 0. The maximum absolute atomic E-state index is 13.2. The molecule has 6 heteroatoms. The van der Waals surface area contributed by atoms with E-state index in [9.17, 15) is 4.79 Å². The molecule has 1 aromatic heterocycles. The zero-order valence-electron chi connectivity index (χ0n) is 17.6. The quantitative estimate of drug-likeness (QED) is 0.574. The molecule has 0 bridgehead atoms. The normalized spacial score (nSPS) is 19.3. The minimum atomic E-state index is 0.149. The van der Waals surface area contributed by atoms with Gasteiger partial charge in [0.1, 0.15) is 0 Å². The van der Waals surface area contributed by atoms with Crippen LogP contribution in [0.15, 0.2) is 60.9 Å². The van der Waals surface area contributed by atoms with Crippen molar-refractivity contribution < 1.29 is 4.79 Å². The lowest BCUT2D eigenvalue weighted by Crippen LogP contribution is -2.42. The fraction of sp³-hybridized carbons (Fsp3) is 0.360. The van der Waals surface area contributed by atoms with Crippen LogP contribution in [0.1, 0.15) is 36.0 Å². The Kier molecular flexibility index (Phi) is 5.79. The van der Waals surface area contributed by atoms with E-state index >= 15 is 0 Å². The van der Waals surface area contributed by atoms with Gasteiger partial charge in [0, 0.05) is 41.5 Å². The molecule has 1 atom stereocenters. The van der Waals surface area contributed by atoms with E-state index in [1.54, 1.807) is 0 Å². The number of amides is 1. The first-order valence-corrected chi connectivity index (χ1v) is 11.5. The Morgan fingerprint density at radius 2 is 1.68 bits per heavy atom. The first-order chi connectivity index (χ1) is 15.2. The molecule has 0 N–H and O–H groups in total. The number of aromatic nitrogens is 2. The fourth-order valence-corrected chi connectivity index (χ4v) is 4.86. The average Bonchev–Trinajstić information content (AvgIpc) is 3.57. The Labute approximate surface area is 188 Å². The highest BCUT2D eigenvalue weighted by Gasteiger charge is 2.31. The number of nitrogens with zero attached hydrogens (tertiary/aromatic N) is 4. The number of benzene rings is 2. The molecule has 2 aliphatic heterocycles. The molecule has 0 radical (unpaired) electrons. The zero-order chi connectivity index (χ0) is 21.2. The molecule has 0 aliphatic carbocycles. The van der Waals surface area contributed by atoms with Gasteiger partial charge in [-0.15, -0.1) is 0 Å². The standard InChI is InChI=1S/C25H27ClN4O/c26-22-9-5-19(6-10-22)21-16-27-30(17-21)23-11-7-20(8-12-23)25(31)29-15-3-4-24(29)18-28-13-1-2-14-28/h5-12,16-17,24H,1-4,13-15,18H2. The van der Waals surface area contributed by atoms with Gasteiger partial charge in [0.25, 0.3) is 5.91 Å². The first kappa shape index (κ1) is 20.3. The Hall–Kier alpha value is -2.63. The van der Waals surface area contributed by atoms with E-state index in [0.29, 0.717) is 6.04 Å². The van der Waals surface area contributed by atoms with Gasteiger partial charge in [-0.3, -0.25) is 4.79 Å². The highest BCUT2D eigenvalue weighted by molar-refractivity contribution is 6.30. The lowest BCUT2D eigenvalue weighted by Gasteiger charge is -2.28. The van der Waals surface area contributed by atoms with E-state index in [-0.39, 0.29) is 5.91 Å². The minimum absolute atomic E-state index is 0.149. The number of carbonyl (C=O) groups excluding carboxylic acids is 1. The first-order valence-electron chi connectivity index (χ1n) is 11.1. The topological polar surface area (TPSA) is 41.4 Å². The van der Waals surface area contributed by atoms with Crippen LogP contribution in [0.4, 0.5) is 0 Å². The monoisotopic (exact) mass is 434 g/mol. The third-order valence-electron chi connectivity index (χ3n) is 6.44. The predicted octanol–water partition coefficient (Wildman–Crippen LogP) is 4.89. The number of likely N-dealkylation sites (tertiary alicyclic amines) is 2. The second-order valence-corrected chi connectivity index (χ2v) is 8.97. The predicted molar refractivity (Wildman–Crippen MR) is 124 cm³/mol. The molecule has 3 heterocycles. The summed E-state index contributed by atoms with van der Waals surface area (Å²) in [7, 11) is 0. The van der Waals surface area contributed by atoms with Gasteiger partial charge in [0.2, 0.25) is 0 Å². The Balaban J connectivity index is 1.28. The van der Waals surface area contributed by atoms with Gasteiger partial charge in [0.15, 0.2) is 0 Å². The van der Waals surface area contributed by atoms with Crippen molar-refractivity contribution in [3.63, 3.8) is 0 Å². The maximum Gasteiger partial charge on any atom is 0.254 e. The highest BCUT2D eigenvalue weighted by Crippen LogP contribution is 2.24. The number of rotatable bonds is 5. The third kappa shape index (κ3) is 4.39. The molecule has 5 rings (SSSR count). The summed E-state index contributed by atoms with van der Waals surface area (Å²) in [5.74, 6) is 0.149. The molecule has 2 saturated heterocycles. The Bertz CT molecular complexity index is 1040. The summed E-state index contributed by atoms with van der Waals surface area (Å²) < 4.78 is 1.84. The van der Waals surface area contributed by atoms with Gasteiger partial charge < -0.3 is 9.80 Å². The van der Waals surface area contributed by atoms with Gasteiger partial charge in [-0.05, 0) is 80.7 Å². The van der Waals surface area contributed by atoms with E-state index in [4.69, 9.17) is 11.6 Å². The van der Waals surface area contributed by atoms with Crippen LogP contribution in [0.5, 0.6) is 0 Å². The summed E-state index contributed by atoms with van der Waals surface area (Å²) in [5, 5.41) is 5.21. The number of hydrogen-bond acceptors (Lipinski definition) is 3. The molecule has 5 nitrogen and oxygen atoms in total. The van der Waals surface area contributed by atoms with E-state index in [1.165, 1.54) is 25.9 Å². The molecular weight excluding hydrogens is 408 g/mol. The second kappa shape index (κ2) is 8.85. The molecule has 31 heavy (non-hydrogen) atoms. The minimum Gasteiger partial charge on any atom is -0.334 e. The molecule has 2 aromatic carbocycles. The largest absolute Gasteiger partial charge is 0.334 e. The van der Waals surface area contributed by atoms with Crippen LogP contribution in [0.2, 0.25) is 5.02 Å².